The monoisotopic (exact) mass is 452 g/mol. The van der Waals surface area contributed by atoms with Crippen LogP contribution in [0.3, 0.4) is 0 Å². The highest BCUT2D eigenvalue weighted by molar-refractivity contribution is 6.30. The largest absolute Gasteiger partial charge is 0.507 e. The Balaban J connectivity index is 2.03. The lowest BCUT2D eigenvalue weighted by Crippen LogP contribution is -2.48. The zero-order chi connectivity index (χ0) is 24.2. The van der Waals surface area contributed by atoms with Crippen LogP contribution in [0.4, 0.5) is 0 Å². The van der Waals surface area contributed by atoms with Crippen LogP contribution >= 0.6 is 0 Å². The standard InChI is InChI=1S/C24H20O9/c1-10(25)24(33-12(3)27)8-15-17(16(9-24)32-11(2)26)23(31)19-18(22(15)30)20(28)13-6-4-5-7-14(13)21(19)29/h4-7,16,30-31H,8-9H2,1-3H3. The summed E-state index contributed by atoms with van der Waals surface area (Å²) in [6.45, 7) is 3.39. The summed E-state index contributed by atoms with van der Waals surface area (Å²) in [5, 5.41) is 22.3. The van der Waals surface area contributed by atoms with Gasteiger partial charge < -0.3 is 19.7 Å². The van der Waals surface area contributed by atoms with Crippen LogP contribution < -0.4 is 0 Å². The minimum absolute atomic E-state index is 0.0508. The summed E-state index contributed by atoms with van der Waals surface area (Å²) in [5.41, 5.74) is -2.74. The maximum atomic E-state index is 13.2. The lowest BCUT2D eigenvalue weighted by molar-refractivity contribution is -0.173. The first kappa shape index (κ1) is 22.2. The van der Waals surface area contributed by atoms with Gasteiger partial charge in [0, 0.05) is 48.9 Å². The van der Waals surface area contributed by atoms with E-state index >= 15 is 0 Å². The molecule has 9 heteroatoms. The molecule has 0 radical (unpaired) electrons. The average Bonchev–Trinajstić information content (AvgIpc) is 2.73. The summed E-state index contributed by atoms with van der Waals surface area (Å²) >= 11 is 0. The number of carbonyl (C=O) groups excluding carboxylic acids is 5. The molecular formula is C24H20O9. The predicted molar refractivity (Wildman–Crippen MR) is 111 cm³/mol. The number of fused-ring (bicyclic) bond motifs is 3. The minimum atomic E-state index is -1.81. The van der Waals surface area contributed by atoms with Crippen LogP contribution in [0.1, 0.15) is 76.3 Å². The maximum absolute atomic E-state index is 13.2. The molecule has 2 aliphatic rings. The van der Waals surface area contributed by atoms with Gasteiger partial charge in [0.1, 0.15) is 17.6 Å². The second kappa shape index (κ2) is 7.54. The summed E-state index contributed by atoms with van der Waals surface area (Å²) in [6.07, 6.45) is -2.05. The van der Waals surface area contributed by atoms with Gasteiger partial charge in [-0.2, -0.15) is 0 Å². The molecule has 2 aliphatic carbocycles. The molecule has 2 N–H and O–H groups in total. The van der Waals surface area contributed by atoms with E-state index in [1.54, 1.807) is 12.1 Å². The van der Waals surface area contributed by atoms with Crippen molar-refractivity contribution in [1.29, 1.82) is 0 Å². The number of ether oxygens (including phenoxy) is 2. The van der Waals surface area contributed by atoms with Gasteiger partial charge in [0.2, 0.25) is 0 Å². The van der Waals surface area contributed by atoms with Gasteiger partial charge in [-0.05, 0) is 6.92 Å². The Morgan fingerprint density at radius 2 is 1.45 bits per heavy atom. The number of carbonyl (C=O) groups is 5. The molecule has 0 heterocycles. The number of ketones is 3. The molecule has 0 bridgehead atoms. The Labute approximate surface area is 187 Å². The fraction of sp³-hybridized carbons (Fsp3) is 0.292. The van der Waals surface area contributed by atoms with Crippen molar-refractivity contribution >= 4 is 29.3 Å². The number of Topliss-reactive ketones (excluding diaryl/α,β-unsaturated/α-hetero) is 1. The average molecular weight is 452 g/mol. The van der Waals surface area contributed by atoms with E-state index in [0.717, 1.165) is 13.8 Å². The summed E-state index contributed by atoms with van der Waals surface area (Å²) in [5.74, 6) is -4.76. The number of phenols is 2. The Morgan fingerprint density at radius 3 is 1.94 bits per heavy atom. The second-order valence-electron chi connectivity index (χ2n) is 8.17. The van der Waals surface area contributed by atoms with Crippen LogP contribution in [-0.4, -0.2) is 45.1 Å². The van der Waals surface area contributed by atoms with E-state index in [-0.39, 0.29) is 35.1 Å². The number of phenolic OH excluding ortho intramolecular Hbond substituents is 2. The third-order valence-electron chi connectivity index (χ3n) is 6.05. The fourth-order valence-corrected chi connectivity index (χ4v) is 4.66. The summed E-state index contributed by atoms with van der Waals surface area (Å²) in [4.78, 5) is 62.5. The van der Waals surface area contributed by atoms with Crippen molar-refractivity contribution in [2.75, 3.05) is 0 Å². The van der Waals surface area contributed by atoms with E-state index in [0.29, 0.717) is 0 Å². The SMILES string of the molecule is CC(=O)OC1CC(OC(C)=O)(C(C)=O)Cc2c(O)c3c(c(O)c21)C(=O)c1ccccc1C3=O. The molecule has 0 saturated heterocycles. The number of aromatic hydroxyl groups is 2. The van der Waals surface area contributed by atoms with Gasteiger partial charge in [0.05, 0.1) is 11.1 Å². The Bertz CT molecular complexity index is 1270. The molecule has 170 valence electrons. The molecule has 9 nitrogen and oxygen atoms in total. The van der Waals surface area contributed by atoms with E-state index < -0.39 is 63.6 Å². The molecule has 33 heavy (non-hydrogen) atoms. The van der Waals surface area contributed by atoms with Crippen molar-refractivity contribution in [3.8, 4) is 11.5 Å². The van der Waals surface area contributed by atoms with Crippen LogP contribution in [0, 0.1) is 0 Å². The molecule has 0 aliphatic heterocycles. The zero-order valence-electron chi connectivity index (χ0n) is 18.1. The molecule has 0 aromatic heterocycles. The van der Waals surface area contributed by atoms with Crippen molar-refractivity contribution in [2.45, 2.75) is 45.3 Å². The molecule has 4 rings (SSSR count). The molecule has 2 aromatic rings. The van der Waals surface area contributed by atoms with Gasteiger partial charge >= 0.3 is 11.9 Å². The van der Waals surface area contributed by atoms with Gasteiger partial charge in [-0.3, -0.25) is 24.0 Å². The molecule has 0 saturated carbocycles. The third kappa shape index (κ3) is 3.27. The fourth-order valence-electron chi connectivity index (χ4n) is 4.66. The minimum Gasteiger partial charge on any atom is -0.507 e. The normalized spacial score (nSPS) is 20.9. The van der Waals surface area contributed by atoms with Crippen LogP contribution in [0.2, 0.25) is 0 Å². The van der Waals surface area contributed by atoms with E-state index in [1.807, 2.05) is 0 Å². The number of hydrogen-bond donors (Lipinski definition) is 2. The summed E-state index contributed by atoms with van der Waals surface area (Å²) in [6, 6.07) is 5.98. The molecule has 0 amide bonds. The third-order valence-corrected chi connectivity index (χ3v) is 6.05. The van der Waals surface area contributed by atoms with Gasteiger partial charge in [-0.1, -0.05) is 24.3 Å². The van der Waals surface area contributed by atoms with Gasteiger partial charge in [0.15, 0.2) is 23.0 Å². The number of hydrogen-bond acceptors (Lipinski definition) is 9. The van der Waals surface area contributed by atoms with Gasteiger partial charge in [-0.15, -0.1) is 0 Å². The van der Waals surface area contributed by atoms with E-state index in [2.05, 4.69) is 0 Å². The lowest BCUT2D eigenvalue weighted by atomic mass is 9.72. The van der Waals surface area contributed by atoms with Crippen molar-refractivity contribution in [3.63, 3.8) is 0 Å². The van der Waals surface area contributed by atoms with Gasteiger partial charge in [0.25, 0.3) is 0 Å². The van der Waals surface area contributed by atoms with Crippen molar-refractivity contribution in [2.24, 2.45) is 0 Å². The summed E-state index contributed by atoms with van der Waals surface area (Å²) < 4.78 is 10.6. The number of esters is 2. The Hall–Kier alpha value is -4.01. The van der Waals surface area contributed by atoms with Crippen LogP contribution in [-0.2, 0) is 30.3 Å². The molecule has 2 unspecified atom stereocenters. The van der Waals surface area contributed by atoms with Crippen molar-refractivity contribution in [1.82, 2.24) is 0 Å². The van der Waals surface area contributed by atoms with Crippen LogP contribution in [0.15, 0.2) is 24.3 Å². The zero-order valence-corrected chi connectivity index (χ0v) is 18.1. The smallest absolute Gasteiger partial charge is 0.303 e. The lowest BCUT2D eigenvalue weighted by Gasteiger charge is -2.40. The number of rotatable bonds is 3. The Morgan fingerprint density at radius 1 is 0.909 bits per heavy atom. The Kier molecular flexibility index (Phi) is 5.07. The summed E-state index contributed by atoms with van der Waals surface area (Å²) in [7, 11) is 0. The highest BCUT2D eigenvalue weighted by Crippen LogP contribution is 2.52. The second-order valence-corrected chi connectivity index (χ2v) is 8.17. The maximum Gasteiger partial charge on any atom is 0.303 e. The van der Waals surface area contributed by atoms with Crippen LogP contribution in [0.25, 0.3) is 0 Å². The van der Waals surface area contributed by atoms with Crippen molar-refractivity contribution in [3.05, 3.63) is 57.6 Å². The highest BCUT2D eigenvalue weighted by Gasteiger charge is 2.51. The first-order valence-electron chi connectivity index (χ1n) is 10.2. The first-order chi connectivity index (χ1) is 15.5. The van der Waals surface area contributed by atoms with E-state index in [4.69, 9.17) is 9.47 Å². The molecule has 2 aromatic carbocycles. The van der Waals surface area contributed by atoms with Crippen LogP contribution in [0.5, 0.6) is 11.5 Å². The molecule has 2 atom stereocenters. The van der Waals surface area contributed by atoms with Gasteiger partial charge in [-0.25, -0.2) is 0 Å². The molecular weight excluding hydrogens is 432 g/mol. The number of benzene rings is 2. The van der Waals surface area contributed by atoms with Crippen molar-refractivity contribution < 1.29 is 43.7 Å². The van der Waals surface area contributed by atoms with E-state index in [1.165, 1.54) is 19.1 Å². The molecule has 0 fully saturated rings. The quantitative estimate of drug-likeness (QED) is 0.452. The highest BCUT2D eigenvalue weighted by atomic mass is 16.6. The predicted octanol–water partition coefficient (Wildman–Crippen LogP) is 2.31. The van der Waals surface area contributed by atoms with E-state index in [9.17, 15) is 34.2 Å². The first-order valence-corrected chi connectivity index (χ1v) is 10.2. The topological polar surface area (TPSA) is 144 Å². The molecule has 0 spiro atoms.